The zero-order valence-electron chi connectivity index (χ0n) is 16.0. The summed E-state index contributed by atoms with van der Waals surface area (Å²) in [6.45, 7) is 7.09. The lowest BCUT2D eigenvalue weighted by molar-refractivity contribution is -0.117. The van der Waals surface area contributed by atoms with Crippen LogP contribution in [0.5, 0.6) is 5.75 Å². The van der Waals surface area contributed by atoms with E-state index < -0.39 is 0 Å². The molecule has 0 bridgehead atoms. The highest BCUT2D eigenvalue weighted by Gasteiger charge is 2.20. The highest BCUT2D eigenvalue weighted by Crippen LogP contribution is 2.26. The molecule has 0 aliphatic carbocycles. The Bertz CT molecular complexity index is 770. The molecule has 150 valence electrons. The summed E-state index contributed by atoms with van der Waals surface area (Å²) < 4.78 is 5.41. The summed E-state index contributed by atoms with van der Waals surface area (Å²) in [5, 5.41) is 4.34. The van der Waals surface area contributed by atoms with Gasteiger partial charge in [-0.25, -0.2) is 0 Å². The van der Waals surface area contributed by atoms with E-state index in [0.29, 0.717) is 23.2 Å². The maximum atomic E-state index is 12.3. The predicted molar refractivity (Wildman–Crippen MR) is 114 cm³/mol. The number of benzene rings is 2. The first-order chi connectivity index (χ1) is 13.5. The Morgan fingerprint density at radius 1 is 1.00 bits per heavy atom. The quantitative estimate of drug-likeness (QED) is 0.728. The number of carbonyl (C=O) groups excluding carboxylic acids is 1. The molecule has 1 saturated heterocycles. The third-order valence-electron chi connectivity index (χ3n) is 4.72. The predicted octanol–water partition coefficient (Wildman–Crippen LogP) is 4.15. The number of nitrogens with zero attached hydrogens (tertiary/aromatic N) is 2. The first-order valence-electron chi connectivity index (χ1n) is 9.45. The Kier molecular flexibility index (Phi) is 7.57. The van der Waals surface area contributed by atoms with Gasteiger partial charge in [-0.2, -0.15) is 0 Å². The lowest BCUT2D eigenvalue weighted by atomic mass is 10.2. The molecule has 0 atom stereocenters. The maximum Gasteiger partial charge on any atom is 0.238 e. The minimum atomic E-state index is -0.00763. The molecule has 2 aromatic carbocycles. The van der Waals surface area contributed by atoms with E-state index in [9.17, 15) is 4.79 Å². The fourth-order valence-electron chi connectivity index (χ4n) is 3.22. The fraction of sp³-hybridized carbons (Fsp3) is 0.381. The van der Waals surface area contributed by atoms with Gasteiger partial charge < -0.3 is 10.1 Å². The normalized spacial score (nSPS) is 15.4. The van der Waals surface area contributed by atoms with Crippen LogP contribution >= 0.6 is 23.2 Å². The van der Waals surface area contributed by atoms with E-state index in [1.165, 1.54) is 0 Å². The summed E-state index contributed by atoms with van der Waals surface area (Å²) in [4.78, 5) is 16.8. The second kappa shape index (κ2) is 10.1. The van der Waals surface area contributed by atoms with Gasteiger partial charge in [0.05, 0.1) is 13.2 Å². The van der Waals surface area contributed by atoms with Crippen molar-refractivity contribution in [2.24, 2.45) is 0 Å². The molecule has 1 N–H and O–H groups in total. The number of piperazine rings is 1. The number of hydrogen-bond acceptors (Lipinski definition) is 4. The molecule has 0 unspecified atom stereocenters. The molecule has 1 aliphatic heterocycles. The van der Waals surface area contributed by atoms with Crippen molar-refractivity contribution in [3.05, 3.63) is 58.1 Å². The van der Waals surface area contributed by atoms with Gasteiger partial charge in [0, 0.05) is 54.0 Å². The first-order valence-corrected chi connectivity index (χ1v) is 10.2. The Labute approximate surface area is 176 Å². The summed E-state index contributed by atoms with van der Waals surface area (Å²) in [5.74, 6) is 0.794. The molecule has 3 rings (SSSR count). The van der Waals surface area contributed by atoms with Gasteiger partial charge >= 0.3 is 0 Å². The van der Waals surface area contributed by atoms with Crippen LogP contribution in [0, 0.1) is 0 Å². The standard InChI is InChI=1S/C21H25Cl2N3O2/c1-2-28-17-8-6-16(7-9-17)24-21(27)15-26-12-10-25(11-13-26)14-18-19(22)4-3-5-20(18)23/h3-9H,2,10-15H2,1H3,(H,24,27). The molecule has 0 aromatic heterocycles. The van der Waals surface area contributed by atoms with Gasteiger partial charge in [-0.15, -0.1) is 0 Å². The second-order valence-electron chi connectivity index (χ2n) is 6.76. The van der Waals surface area contributed by atoms with Crippen LogP contribution in [0.15, 0.2) is 42.5 Å². The molecule has 1 heterocycles. The van der Waals surface area contributed by atoms with E-state index in [4.69, 9.17) is 27.9 Å². The molecule has 0 saturated carbocycles. The number of amides is 1. The minimum Gasteiger partial charge on any atom is -0.494 e. The summed E-state index contributed by atoms with van der Waals surface area (Å²) in [6, 6.07) is 13.0. The minimum absolute atomic E-state index is 0.00763. The summed E-state index contributed by atoms with van der Waals surface area (Å²) >= 11 is 12.5. The van der Waals surface area contributed by atoms with Crippen molar-refractivity contribution in [3.8, 4) is 5.75 Å². The van der Waals surface area contributed by atoms with Gasteiger partial charge in [-0.1, -0.05) is 29.3 Å². The molecule has 0 radical (unpaired) electrons. The highest BCUT2D eigenvalue weighted by atomic mass is 35.5. The maximum absolute atomic E-state index is 12.3. The van der Waals surface area contributed by atoms with Crippen molar-refractivity contribution in [3.63, 3.8) is 0 Å². The van der Waals surface area contributed by atoms with Crippen molar-refractivity contribution in [1.82, 2.24) is 9.80 Å². The van der Waals surface area contributed by atoms with Gasteiger partial charge in [-0.05, 0) is 43.3 Å². The summed E-state index contributed by atoms with van der Waals surface area (Å²) in [6.07, 6.45) is 0. The smallest absolute Gasteiger partial charge is 0.238 e. The van der Waals surface area contributed by atoms with Crippen LogP contribution < -0.4 is 10.1 Å². The van der Waals surface area contributed by atoms with E-state index in [1.54, 1.807) is 0 Å². The number of halogens is 2. The Balaban J connectivity index is 1.44. The van der Waals surface area contributed by atoms with Crippen LogP contribution in [0.2, 0.25) is 10.0 Å². The number of hydrogen-bond donors (Lipinski definition) is 1. The average Bonchev–Trinajstić information content (AvgIpc) is 2.68. The largest absolute Gasteiger partial charge is 0.494 e. The molecule has 28 heavy (non-hydrogen) atoms. The van der Waals surface area contributed by atoms with Crippen molar-refractivity contribution < 1.29 is 9.53 Å². The van der Waals surface area contributed by atoms with E-state index >= 15 is 0 Å². The van der Waals surface area contributed by atoms with Crippen LogP contribution in [0.1, 0.15) is 12.5 Å². The first kappa shape index (κ1) is 20.9. The van der Waals surface area contributed by atoms with E-state index in [-0.39, 0.29) is 5.91 Å². The highest BCUT2D eigenvalue weighted by molar-refractivity contribution is 6.35. The van der Waals surface area contributed by atoms with Crippen molar-refractivity contribution in [2.75, 3.05) is 44.6 Å². The molecule has 0 spiro atoms. The molecule has 1 fully saturated rings. The van der Waals surface area contributed by atoms with Crippen molar-refractivity contribution >= 4 is 34.8 Å². The topological polar surface area (TPSA) is 44.8 Å². The van der Waals surface area contributed by atoms with Crippen LogP contribution in [-0.4, -0.2) is 55.0 Å². The fourth-order valence-corrected chi connectivity index (χ4v) is 3.73. The number of anilines is 1. The zero-order valence-corrected chi connectivity index (χ0v) is 17.5. The average molecular weight is 422 g/mol. The van der Waals surface area contributed by atoms with Gasteiger partial charge in [-0.3, -0.25) is 14.6 Å². The number of ether oxygens (including phenoxy) is 1. The van der Waals surface area contributed by atoms with E-state index in [1.807, 2.05) is 49.4 Å². The van der Waals surface area contributed by atoms with Gasteiger partial charge in [0.25, 0.3) is 0 Å². The number of nitrogens with one attached hydrogen (secondary N) is 1. The lowest BCUT2D eigenvalue weighted by Crippen LogP contribution is -2.48. The molecular formula is C21H25Cl2N3O2. The van der Waals surface area contributed by atoms with Gasteiger partial charge in [0.1, 0.15) is 5.75 Å². The lowest BCUT2D eigenvalue weighted by Gasteiger charge is -2.34. The van der Waals surface area contributed by atoms with Crippen molar-refractivity contribution in [1.29, 1.82) is 0 Å². The second-order valence-corrected chi connectivity index (χ2v) is 7.57. The molecule has 2 aromatic rings. The zero-order chi connectivity index (χ0) is 19.9. The van der Waals surface area contributed by atoms with Crippen LogP contribution in [0.3, 0.4) is 0 Å². The number of carbonyl (C=O) groups is 1. The Morgan fingerprint density at radius 3 is 2.21 bits per heavy atom. The van der Waals surface area contributed by atoms with E-state index in [0.717, 1.165) is 49.7 Å². The summed E-state index contributed by atoms with van der Waals surface area (Å²) in [5.41, 5.74) is 1.74. The van der Waals surface area contributed by atoms with Crippen LogP contribution in [-0.2, 0) is 11.3 Å². The van der Waals surface area contributed by atoms with Crippen molar-refractivity contribution in [2.45, 2.75) is 13.5 Å². The van der Waals surface area contributed by atoms with Crippen LogP contribution in [0.25, 0.3) is 0 Å². The monoisotopic (exact) mass is 421 g/mol. The Morgan fingerprint density at radius 2 is 1.61 bits per heavy atom. The van der Waals surface area contributed by atoms with E-state index in [2.05, 4.69) is 15.1 Å². The van der Waals surface area contributed by atoms with Crippen LogP contribution in [0.4, 0.5) is 5.69 Å². The van der Waals surface area contributed by atoms with Gasteiger partial charge in [0.2, 0.25) is 5.91 Å². The summed E-state index contributed by atoms with van der Waals surface area (Å²) in [7, 11) is 0. The molecular weight excluding hydrogens is 397 g/mol. The van der Waals surface area contributed by atoms with Gasteiger partial charge in [0.15, 0.2) is 0 Å². The third kappa shape index (κ3) is 5.85. The number of rotatable bonds is 7. The SMILES string of the molecule is CCOc1ccc(NC(=O)CN2CCN(Cc3c(Cl)cccc3Cl)CC2)cc1. The molecule has 1 amide bonds. The third-order valence-corrected chi connectivity index (χ3v) is 5.43. The molecule has 5 nitrogen and oxygen atoms in total. The Hall–Kier alpha value is -1.79. The molecule has 1 aliphatic rings. The molecule has 7 heteroatoms.